The molecule has 1 radical (unpaired) electrons. The van der Waals surface area contributed by atoms with Gasteiger partial charge < -0.3 is 5.32 Å². The smallest absolute Gasteiger partial charge is 0.227 e. The van der Waals surface area contributed by atoms with E-state index in [-0.39, 0.29) is 5.75 Å². The highest BCUT2D eigenvalue weighted by Gasteiger charge is 1.99. The summed E-state index contributed by atoms with van der Waals surface area (Å²) in [5.74, 6) is 0.624. The van der Waals surface area contributed by atoms with Crippen molar-refractivity contribution in [2.75, 3.05) is 11.1 Å². The molecule has 5 nitrogen and oxygen atoms in total. The van der Waals surface area contributed by atoms with E-state index in [0.29, 0.717) is 12.4 Å². The van der Waals surface area contributed by atoms with Gasteiger partial charge in [0.1, 0.15) is 10.7 Å². The normalized spacial score (nSPS) is 10.5. The summed E-state index contributed by atoms with van der Waals surface area (Å²) in [6.07, 6.45) is 4.79. The zero-order valence-electron chi connectivity index (χ0n) is 9.54. The summed E-state index contributed by atoms with van der Waals surface area (Å²) in [7, 11) is -2.33. The van der Waals surface area contributed by atoms with Gasteiger partial charge in [-0.2, -0.15) is 0 Å². The maximum Gasteiger partial charge on any atom is 0.227 e. The van der Waals surface area contributed by atoms with Crippen molar-refractivity contribution in [3.8, 4) is 0 Å². The molecule has 2 aromatic rings. The van der Waals surface area contributed by atoms with Crippen molar-refractivity contribution < 1.29 is 8.42 Å². The Balaban J connectivity index is 2.07. The molecule has 0 aliphatic heterocycles. The first-order valence-electron chi connectivity index (χ1n) is 5.41. The van der Waals surface area contributed by atoms with Gasteiger partial charge in [-0.3, -0.25) is 0 Å². The number of rotatable bonds is 5. The Morgan fingerprint density at radius 2 is 2.22 bits per heavy atom. The number of nitrogens with one attached hydrogen (secondary N) is 1. The van der Waals surface area contributed by atoms with Crippen LogP contribution in [0.25, 0.3) is 0 Å². The lowest BCUT2D eigenvalue weighted by atomic mass is 10.1. The molecule has 0 aliphatic carbocycles. The van der Waals surface area contributed by atoms with Crippen LogP contribution in [0, 0.1) is 6.20 Å². The number of thiol groups is 1. The monoisotopic (exact) mass is 262 g/mol. The third-order valence-corrected chi connectivity index (χ3v) is 2.87. The summed E-state index contributed by atoms with van der Waals surface area (Å²) in [6.45, 7) is 0. The number of aryl methyl sites for hydroxylation is 1. The minimum atomic E-state index is -2.33. The minimum absolute atomic E-state index is 0.161. The summed E-state index contributed by atoms with van der Waals surface area (Å²) >= 11 is 0. The van der Waals surface area contributed by atoms with Crippen LogP contribution in [0.1, 0.15) is 5.56 Å². The Labute approximate surface area is 107 Å². The molecule has 0 saturated carbocycles. The second-order valence-corrected chi connectivity index (χ2v) is 4.75. The Bertz CT molecular complexity index is 577. The maximum atomic E-state index is 10.5. The molecule has 0 atom stereocenters. The molecule has 1 aromatic carbocycles. The second kappa shape index (κ2) is 6.11. The molecular weight excluding hydrogens is 250 g/mol. The highest BCUT2D eigenvalue weighted by Crippen LogP contribution is 2.14. The summed E-state index contributed by atoms with van der Waals surface area (Å²) in [5, 5.41) is 3.03. The number of nitrogens with zero attached hydrogens (tertiary/aromatic N) is 2. The largest absolute Gasteiger partial charge is 0.324 e. The van der Waals surface area contributed by atoms with Crippen LogP contribution in [0.5, 0.6) is 0 Å². The topological polar surface area (TPSA) is 72.0 Å². The van der Waals surface area contributed by atoms with Crippen LogP contribution in [-0.2, 0) is 17.1 Å². The zero-order chi connectivity index (χ0) is 12.8. The van der Waals surface area contributed by atoms with Gasteiger partial charge in [0.2, 0.25) is 5.95 Å². The Hall–Kier alpha value is -1.95. The fraction of sp³-hybridized carbons (Fsp3) is 0.167. The molecular formula is C12H12N3O2S. The standard InChI is InChI=1S/C12H12N3O2S/c16-18(17)8-5-10-3-1-4-11(9-10)15-12-13-6-2-7-14-12/h1-4,6,9,18H,5,8H2,(H,13,14,15). The Morgan fingerprint density at radius 1 is 1.33 bits per heavy atom. The highest BCUT2D eigenvalue weighted by molar-refractivity contribution is 7.72. The third kappa shape index (κ3) is 3.81. The molecule has 0 amide bonds. The molecule has 18 heavy (non-hydrogen) atoms. The van der Waals surface area contributed by atoms with Crippen molar-refractivity contribution >= 4 is 22.3 Å². The first-order chi connectivity index (χ1) is 8.74. The van der Waals surface area contributed by atoms with Crippen molar-refractivity contribution in [1.29, 1.82) is 0 Å². The lowest BCUT2D eigenvalue weighted by molar-refractivity contribution is 0.614. The molecule has 0 fully saturated rings. The number of anilines is 2. The van der Waals surface area contributed by atoms with Crippen molar-refractivity contribution in [3.05, 3.63) is 48.3 Å². The number of aromatic nitrogens is 2. The molecule has 0 unspecified atom stereocenters. The number of hydrogen-bond donors (Lipinski definition) is 2. The van der Waals surface area contributed by atoms with Crippen molar-refractivity contribution in [2.45, 2.75) is 6.42 Å². The predicted molar refractivity (Wildman–Crippen MR) is 69.5 cm³/mol. The van der Waals surface area contributed by atoms with Gasteiger partial charge in [-0.25, -0.2) is 18.4 Å². The molecule has 93 valence electrons. The van der Waals surface area contributed by atoms with E-state index in [0.717, 1.165) is 11.3 Å². The van der Waals surface area contributed by atoms with Crippen LogP contribution < -0.4 is 5.32 Å². The van der Waals surface area contributed by atoms with E-state index in [1.807, 2.05) is 24.3 Å². The van der Waals surface area contributed by atoms with Crippen LogP contribution in [0.15, 0.2) is 36.5 Å². The van der Waals surface area contributed by atoms with Gasteiger partial charge in [0.25, 0.3) is 0 Å². The van der Waals surface area contributed by atoms with Crippen molar-refractivity contribution in [1.82, 2.24) is 9.97 Å². The van der Waals surface area contributed by atoms with E-state index >= 15 is 0 Å². The van der Waals surface area contributed by atoms with Gasteiger partial charge in [0.05, 0.1) is 11.9 Å². The second-order valence-electron chi connectivity index (χ2n) is 3.64. The molecule has 0 bridgehead atoms. The number of benzene rings is 1. The fourth-order valence-corrected chi connectivity index (χ4v) is 1.92. The molecule has 2 rings (SSSR count). The predicted octanol–water partition coefficient (Wildman–Crippen LogP) is 1.17. The quantitative estimate of drug-likeness (QED) is 0.792. The minimum Gasteiger partial charge on any atom is -0.324 e. The average molecular weight is 262 g/mol. The maximum absolute atomic E-state index is 10.5. The van der Waals surface area contributed by atoms with Gasteiger partial charge in [-0.15, -0.1) is 0 Å². The van der Waals surface area contributed by atoms with E-state index in [1.54, 1.807) is 12.3 Å². The lowest BCUT2D eigenvalue weighted by Crippen LogP contribution is -1.98. The number of hydrogen-bond acceptors (Lipinski definition) is 5. The van der Waals surface area contributed by atoms with Crippen molar-refractivity contribution in [2.24, 2.45) is 0 Å². The molecule has 1 aromatic heterocycles. The van der Waals surface area contributed by atoms with Gasteiger partial charge in [0.15, 0.2) is 0 Å². The highest BCUT2D eigenvalue weighted by atomic mass is 32.2. The van der Waals surface area contributed by atoms with Gasteiger partial charge >= 0.3 is 0 Å². The van der Waals surface area contributed by atoms with Crippen molar-refractivity contribution in [3.63, 3.8) is 0 Å². The lowest BCUT2D eigenvalue weighted by Gasteiger charge is -2.05. The molecule has 1 N–H and O–H groups in total. The van der Waals surface area contributed by atoms with E-state index in [1.165, 1.54) is 0 Å². The summed E-state index contributed by atoms with van der Waals surface area (Å²) in [4.78, 5) is 7.96. The van der Waals surface area contributed by atoms with Crippen LogP contribution in [0.4, 0.5) is 11.6 Å². The van der Waals surface area contributed by atoms with Gasteiger partial charge in [-0.1, -0.05) is 12.1 Å². The summed E-state index contributed by atoms with van der Waals surface area (Å²) in [6, 6.07) is 9.13. The van der Waals surface area contributed by atoms with Gasteiger partial charge in [0, 0.05) is 11.9 Å². The first kappa shape index (κ1) is 12.5. The first-order valence-corrected chi connectivity index (χ1v) is 6.77. The fourth-order valence-electron chi connectivity index (χ4n) is 1.48. The van der Waals surface area contributed by atoms with E-state index in [9.17, 15) is 8.42 Å². The van der Waals surface area contributed by atoms with Crippen LogP contribution in [0.3, 0.4) is 0 Å². The van der Waals surface area contributed by atoms with E-state index in [4.69, 9.17) is 0 Å². The molecule has 1 heterocycles. The summed E-state index contributed by atoms with van der Waals surface area (Å²) < 4.78 is 21.1. The Morgan fingerprint density at radius 3 is 2.94 bits per heavy atom. The zero-order valence-corrected chi connectivity index (χ0v) is 10.4. The third-order valence-electron chi connectivity index (χ3n) is 2.28. The van der Waals surface area contributed by atoms with E-state index in [2.05, 4.69) is 21.5 Å². The van der Waals surface area contributed by atoms with Crippen LogP contribution in [-0.4, -0.2) is 24.1 Å². The molecule has 0 aliphatic rings. The van der Waals surface area contributed by atoms with Crippen LogP contribution in [0.2, 0.25) is 0 Å². The van der Waals surface area contributed by atoms with Gasteiger partial charge in [-0.05, 0) is 30.2 Å². The molecule has 0 saturated heterocycles. The molecule has 0 spiro atoms. The molecule has 6 heteroatoms. The van der Waals surface area contributed by atoms with Crippen LogP contribution >= 0.6 is 0 Å². The Kier molecular flexibility index (Phi) is 4.25. The SMILES string of the molecule is O=[SH](=O)CCc1cccc(Nc2n[c]ccn2)c1. The summed E-state index contributed by atoms with van der Waals surface area (Å²) in [5.41, 5.74) is 1.78. The average Bonchev–Trinajstić information content (AvgIpc) is 2.38. The van der Waals surface area contributed by atoms with E-state index < -0.39 is 10.7 Å².